The van der Waals surface area contributed by atoms with Gasteiger partial charge in [-0.3, -0.25) is 0 Å². The molecule has 0 bridgehead atoms. The summed E-state index contributed by atoms with van der Waals surface area (Å²) in [7, 11) is 0. The first-order valence-electron chi connectivity index (χ1n) is 8.48. The van der Waals surface area contributed by atoms with Crippen LogP contribution in [0.25, 0.3) is 0 Å². The highest BCUT2D eigenvalue weighted by atomic mass is 16.3. The van der Waals surface area contributed by atoms with Crippen molar-refractivity contribution in [2.45, 2.75) is 65.0 Å². The van der Waals surface area contributed by atoms with Gasteiger partial charge in [-0.15, -0.1) is 0 Å². The highest BCUT2D eigenvalue weighted by molar-refractivity contribution is 5.58. The largest absolute Gasteiger partial charge is 0.386 e. The predicted octanol–water partition coefficient (Wildman–Crippen LogP) is 3.40. The Bertz CT molecular complexity index is 511. The van der Waals surface area contributed by atoms with E-state index in [-0.39, 0.29) is 5.41 Å². The van der Waals surface area contributed by atoms with Crippen molar-refractivity contribution in [3.05, 3.63) is 29.3 Å². The standard InChI is InChI=1S/C19H32N2O/c1-7-15-13-21(11-10-20-15)17-9-8-14(19(5,6)22)12-16(17)18(2,3)4/h8-9,12,15,20,22H,7,10-11,13H2,1-6H3. The average molecular weight is 304 g/mol. The molecule has 1 unspecified atom stereocenters. The van der Waals surface area contributed by atoms with Gasteiger partial charge in [0.1, 0.15) is 0 Å². The van der Waals surface area contributed by atoms with Crippen molar-refractivity contribution in [3.63, 3.8) is 0 Å². The number of hydrogen-bond acceptors (Lipinski definition) is 3. The van der Waals surface area contributed by atoms with Crippen LogP contribution in [0.3, 0.4) is 0 Å². The Kier molecular flexibility index (Phi) is 4.88. The number of hydrogen-bond donors (Lipinski definition) is 2. The van der Waals surface area contributed by atoms with Crippen LogP contribution in [-0.2, 0) is 11.0 Å². The molecule has 1 saturated heterocycles. The fourth-order valence-electron chi connectivity index (χ4n) is 3.11. The van der Waals surface area contributed by atoms with Gasteiger partial charge in [0.2, 0.25) is 0 Å². The van der Waals surface area contributed by atoms with E-state index in [1.807, 2.05) is 13.8 Å². The zero-order valence-electron chi connectivity index (χ0n) is 15.0. The zero-order chi connectivity index (χ0) is 16.5. The first kappa shape index (κ1) is 17.3. The molecular weight excluding hydrogens is 272 g/mol. The molecule has 2 rings (SSSR count). The molecule has 1 atom stereocenters. The van der Waals surface area contributed by atoms with Crippen molar-refractivity contribution >= 4 is 5.69 Å². The van der Waals surface area contributed by atoms with Gasteiger partial charge in [0.25, 0.3) is 0 Å². The number of nitrogens with one attached hydrogen (secondary N) is 1. The summed E-state index contributed by atoms with van der Waals surface area (Å²) in [6.07, 6.45) is 1.16. The summed E-state index contributed by atoms with van der Waals surface area (Å²) < 4.78 is 0. The van der Waals surface area contributed by atoms with Crippen molar-refractivity contribution in [2.24, 2.45) is 0 Å². The van der Waals surface area contributed by atoms with Gasteiger partial charge < -0.3 is 15.3 Å². The third-order valence-corrected chi connectivity index (χ3v) is 4.60. The van der Waals surface area contributed by atoms with Gasteiger partial charge in [-0.2, -0.15) is 0 Å². The second-order valence-electron chi connectivity index (χ2n) is 8.05. The molecule has 124 valence electrons. The highest BCUT2D eigenvalue weighted by Crippen LogP contribution is 2.35. The van der Waals surface area contributed by atoms with E-state index >= 15 is 0 Å². The second-order valence-corrected chi connectivity index (χ2v) is 8.05. The number of anilines is 1. The minimum atomic E-state index is -0.798. The van der Waals surface area contributed by atoms with Gasteiger partial charge in [0, 0.05) is 31.4 Å². The SMILES string of the molecule is CCC1CN(c2ccc(C(C)(C)O)cc2C(C)(C)C)CCN1. The Morgan fingerprint density at radius 3 is 2.45 bits per heavy atom. The Morgan fingerprint density at radius 2 is 1.91 bits per heavy atom. The minimum absolute atomic E-state index is 0.0587. The van der Waals surface area contributed by atoms with E-state index in [9.17, 15) is 5.11 Å². The molecule has 22 heavy (non-hydrogen) atoms. The maximum atomic E-state index is 10.3. The quantitative estimate of drug-likeness (QED) is 0.898. The van der Waals surface area contributed by atoms with Gasteiger partial charge in [-0.25, -0.2) is 0 Å². The number of benzene rings is 1. The smallest absolute Gasteiger partial charge is 0.0840 e. The third kappa shape index (κ3) is 3.82. The van der Waals surface area contributed by atoms with Gasteiger partial charge >= 0.3 is 0 Å². The van der Waals surface area contributed by atoms with Crippen molar-refractivity contribution < 1.29 is 5.11 Å². The lowest BCUT2D eigenvalue weighted by atomic mass is 9.82. The second kappa shape index (κ2) is 6.21. The average Bonchev–Trinajstić information content (AvgIpc) is 2.45. The molecular formula is C19H32N2O. The molecule has 0 aliphatic carbocycles. The summed E-state index contributed by atoms with van der Waals surface area (Å²) in [5, 5.41) is 13.9. The Labute approximate surface area is 135 Å². The van der Waals surface area contributed by atoms with Crippen LogP contribution in [0.1, 0.15) is 59.1 Å². The fraction of sp³-hybridized carbons (Fsp3) is 0.684. The Morgan fingerprint density at radius 1 is 1.23 bits per heavy atom. The maximum Gasteiger partial charge on any atom is 0.0840 e. The Hall–Kier alpha value is -1.06. The van der Waals surface area contributed by atoms with E-state index in [4.69, 9.17) is 0 Å². The van der Waals surface area contributed by atoms with Crippen LogP contribution in [0.4, 0.5) is 5.69 Å². The lowest BCUT2D eigenvalue weighted by molar-refractivity contribution is 0.0784. The molecule has 0 aromatic heterocycles. The van der Waals surface area contributed by atoms with E-state index in [2.05, 4.69) is 56.1 Å². The Balaban J connectivity index is 2.42. The van der Waals surface area contributed by atoms with E-state index in [1.54, 1.807) is 0 Å². The van der Waals surface area contributed by atoms with E-state index in [1.165, 1.54) is 11.3 Å². The molecule has 0 spiro atoms. The number of rotatable bonds is 3. The molecule has 1 aliphatic rings. The molecule has 2 N–H and O–H groups in total. The molecule has 1 aliphatic heterocycles. The number of aliphatic hydroxyl groups is 1. The van der Waals surface area contributed by atoms with Crippen molar-refractivity contribution in [1.82, 2.24) is 5.32 Å². The van der Waals surface area contributed by atoms with Crippen LogP contribution in [0.5, 0.6) is 0 Å². The van der Waals surface area contributed by atoms with Crippen LogP contribution in [0, 0.1) is 0 Å². The van der Waals surface area contributed by atoms with Crippen molar-refractivity contribution in [2.75, 3.05) is 24.5 Å². The summed E-state index contributed by atoms with van der Waals surface area (Å²) in [6.45, 7) is 15.8. The normalized spacial score (nSPS) is 20.3. The van der Waals surface area contributed by atoms with Crippen LogP contribution >= 0.6 is 0 Å². The zero-order valence-corrected chi connectivity index (χ0v) is 15.0. The molecule has 1 fully saturated rings. The summed E-state index contributed by atoms with van der Waals surface area (Å²) in [5.41, 5.74) is 2.89. The third-order valence-electron chi connectivity index (χ3n) is 4.60. The lowest BCUT2D eigenvalue weighted by Gasteiger charge is -2.38. The lowest BCUT2D eigenvalue weighted by Crippen LogP contribution is -2.51. The predicted molar refractivity (Wildman–Crippen MR) is 94.7 cm³/mol. The van der Waals surface area contributed by atoms with Crippen LogP contribution in [0.2, 0.25) is 0 Å². The fourth-order valence-corrected chi connectivity index (χ4v) is 3.11. The van der Waals surface area contributed by atoms with Gasteiger partial charge in [0.05, 0.1) is 5.60 Å². The molecule has 0 saturated carbocycles. The molecule has 1 heterocycles. The molecule has 3 nitrogen and oxygen atoms in total. The number of piperazine rings is 1. The van der Waals surface area contributed by atoms with Gasteiger partial charge in [-0.1, -0.05) is 39.8 Å². The van der Waals surface area contributed by atoms with E-state index in [0.29, 0.717) is 6.04 Å². The molecule has 0 amide bonds. The summed E-state index contributed by atoms with van der Waals surface area (Å²) in [6, 6.07) is 7.04. The summed E-state index contributed by atoms with van der Waals surface area (Å²) in [4.78, 5) is 2.50. The maximum absolute atomic E-state index is 10.3. The highest BCUT2D eigenvalue weighted by Gasteiger charge is 2.27. The topological polar surface area (TPSA) is 35.5 Å². The molecule has 3 heteroatoms. The summed E-state index contributed by atoms with van der Waals surface area (Å²) in [5.74, 6) is 0. The molecule has 0 radical (unpaired) electrons. The van der Waals surface area contributed by atoms with Crippen LogP contribution in [0.15, 0.2) is 18.2 Å². The minimum Gasteiger partial charge on any atom is -0.386 e. The van der Waals surface area contributed by atoms with Crippen molar-refractivity contribution in [1.29, 1.82) is 0 Å². The first-order chi connectivity index (χ1) is 10.1. The molecule has 1 aromatic carbocycles. The number of nitrogens with zero attached hydrogens (tertiary/aromatic N) is 1. The monoisotopic (exact) mass is 304 g/mol. The van der Waals surface area contributed by atoms with Crippen LogP contribution in [-0.4, -0.2) is 30.8 Å². The van der Waals surface area contributed by atoms with Crippen molar-refractivity contribution in [3.8, 4) is 0 Å². The van der Waals surface area contributed by atoms with E-state index in [0.717, 1.165) is 31.6 Å². The first-order valence-corrected chi connectivity index (χ1v) is 8.48. The van der Waals surface area contributed by atoms with Crippen LogP contribution < -0.4 is 10.2 Å². The van der Waals surface area contributed by atoms with E-state index < -0.39 is 5.60 Å². The van der Waals surface area contributed by atoms with Gasteiger partial charge in [-0.05, 0) is 42.9 Å². The summed E-state index contributed by atoms with van der Waals surface area (Å²) >= 11 is 0. The molecule has 1 aromatic rings. The van der Waals surface area contributed by atoms with Gasteiger partial charge in [0.15, 0.2) is 0 Å².